The molecule has 0 N–H and O–H groups in total. The Morgan fingerprint density at radius 3 is 2.73 bits per heavy atom. The lowest BCUT2D eigenvalue weighted by Gasteiger charge is -2.24. The first kappa shape index (κ1) is 21.5. The molecule has 1 unspecified atom stereocenters. The van der Waals surface area contributed by atoms with E-state index >= 15 is 0 Å². The van der Waals surface area contributed by atoms with Gasteiger partial charge in [0.25, 0.3) is 0 Å². The Hall–Kier alpha value is -3.39. The third kappa shape index (κ3) is 4.57. The molecule has 1 atom stereocenters. The molecule has 170 valence electrons. The van der Waals surface area contributed by atoms with Gasteiger partial charge in [0.2, 0.25) is 23.6 Å². The summed E-state index contributed by atoms with van der Waals surface area (Å²) in [5.74, 6) is 0.882. The molecule has 2 aromatic carbocycles. The minimum absolute atomic E-state index is 0.0533. The molecule has 5 rings (SSSR count). The van der Waals surface area contributed by atoms with Crippen molar-refractivity contribution < 1.29 is 18.7 Å². The highest BCUT2D eigenvalue weighted by atomic mass is 35.5. The third-order valence-corrected chi connectivity index (χ3v) is 6.23. The molecule has 1 saturated carbocycles. The van der Waals surface area contributed by atoms with Crippen molar-refractivity contribution in [2.75, 3.05) is 18.6 Å². The summed E-state index contributed by atoms with van der Waals surface area (Å²) in [7, 11) is 1.58. The number of anilines is 1. The molecule has 1 aliphatic carbocycles. The average molecular weight is 467 g/mol. The van der Waals surface area contributed by atoms with E-state index in [0.717, 1.165) is 24.1 Å². The number of ether oxygens (including phenoxy) is 1. The van der Waals surface area contributed by atoms with E-state index < -0.39 is 5.92 Å². The van der Waals surface area contributed by atoms with Gasteiger partial charge in [-0.1, -0.05) is 17.7 Å². The Labute approximate surface area is 196 Å². The van der Waals surface area contributed by atoms with Crippen LogP contribution in [0, 0.1) is 5.92 Å². The Morgan fingerprint density at radius 1 is 1.21 bits per heavy atom. The molecule has 3 aromatic rings. The van der Waals surface area contributed by atoms with Crippen molar-refractivity contribution in [2.24, 2.45) is 5.92 Å². The van der Waals surface area contributed by atoms with Gasteiger partial charge < -0.3 is 19.0 Å². The number of hydrogen-bond acceptors (Lipinski definition) is 6. The summed E-state index contributed by atoms with van der Waals surface area (Å²) in [6, 6.07) is 14.6. The second kappa shape index (κ2) is 8.86. The molecular weight excluding hydrogens is 444 g/mol. The molecule has 0 spiro atoms. The highest BCUT2D eigenvalue weighted by Crippen LogP contribution is 2.34. The Balaban J connectivity index is 1.30. The van der Waals surface area contributed by atoms with Crippen LogP contribution in [0.4, 0.5) is 5.69 Å². The summed E-state index contributed by atoms with van der Waals surface area (Å²) in [6.45, 7) is 0.571. The van der Waals surface area contributed by atoms with Gasteiger partial charge in [0.15, 0.2) is 0 Å². The van der Waals surface area contributed by atoms with Crippen molar-refractivity contribution in [2.45, 2.75) is 31.8 Å². The molecule has 2 heterocycles. The fraction of sp³-hybridized carbons (Fsp3) is 0.333. The van der Waals surface area contributed by atoms with Crippen molar-refractivity contribution in [3.63, 3.8) is 0 Å². The fourth-order valence-electron chi connectivity index (χ4n) is 4.08. The summed E-state index contributed by atoms with van der Waals surface area (Å²) < 4.78 is 11.1. The van der Waals surface area contributed by atoms with Crippen LogP contribution in [0.5, 0.6) is 5.75 Å². The molecule has 2 fully saturated rings. The molecule has 33 heavy (non-hydrogen) atoms. The van der Waals surface area contributed by atoms with E-state index in [4.69, 9.17) is 20.8 Å². The first-order valence-corrected chi connectivity index (χ1v) is 11.2. The molecule has 8 nitrogen and oxygen atoms in total. The maximum atomic E-state index is 13.4. The van der Waals surface area contributed by atoms with Crippen LogP contribution < -0.4 is 9.64 Å². The number of aromatic nitrogens is 2. The third-order valence-electron chi connectivity index (χ3n) is 5.97. The molecule has 2 aliphatic rings. The van der Waals surface area contributed by atoms with Gasteiger partial charge in [0, 0.05) is 41.3 Å². The highest BCUT2D eigenvalue weighted by molar-refractivity contribution is 6.30. The number of carbonyl (C=O) groups is 2. The number of nitrogens with zero attached hydrogens (tertiary/aromatic N) is 4. The second-order valence-corrected chi connectivity index (χ2v) is 8.75. The van der Waals surface area contributed by atoms with Gasteiger partial charge in [-0.2, -0.15) is 0 Å². The minimum Gasteiger partial charge on any atom is -0.497 e. The van der Waals surface area contributed by atoms with Crippen LogP contribution in [0.25, 0.3) is 11.5 Å². The number of rotatable bonds is 7. The van der Waals surface area contributed by atoms with E-state index in [2.05, 4.69) is 10.2 Å². The first-order valence-electron chi connectivity index (χ1n) is 10.8. The Bertz CT molecular complexity index is 1180. The zero-order valence-corrected chi connectivity index (χ0v) is 18.9. The van der Waals surface area contributed by atoms with Crippen molar-refractivity contribution in [3.05, 3.63) is 59.4 Å². The first-order chi connectivity index (χ1) is 16.0. The predicted molar refractivity (Wildman–Crippen MR) is 122 cm³/mol. The van der Waals surface area contributed by atoms with Crippen molar-refractivity contribution >= 4 is 29.1 Å². The topological polar surface area (TPSA) is 88.8 Å². The van der Waals surface area contributed by atoms with Crippen molar-refractivity contribution in [1.82, 2.24) is 15.1 Å². The van der Waals surface area contributed by atoms with Crippen LogP contribution in [0.2, 0.25) is 5.02 Å². The van der Waals surface area contributed by atoms with Crippen LogP contribution in [-0.2, 0) is 16.1 Å². The maximum absolute atomic E-state index is 13.4. The van der Waals surface area contributed by atoms with Crippen LogP contribution in [-0.4, -0.2) is 46.6 Å². The van der Waals surface area contributed by atoms with Crippen LogP contribution in [0.3, 0.4) is 0 Å². The lowest BCUT2D eigenvalue weighted by Crippen LogP contribution is -2.38. The highest BCUT2D eigenvalue weighted by Gasteiger charge is 2.42. The summed E-state index contributed by atoms with van der Waals surface area (Å²) >= 11 is 5.94. The van der Waals surface area contributed by atoms with Gasteiger partial charge in [0.1, 0.15) is 5.75 Å². The summed E-state index contributed by atoms with van der Waals surface area (Å²) in [6.07, 6.45) is 2.05. The average Bonchev–Trinajstić information content (AvgIpc) is 3.44. The van der Waals surface area contributed by atoms with Gasteiger partial charge in [-0.05, 0) is 49.2 Å². The molecular formula is C24H23ClN4O4. The van der Waals surface area contributed by atoms with E-state index in [-0.39, 0.29) is 30.8 Å². The van der Waals surface area contributed by atoms with E-state index in [0.29, 0.717) is 29.1 Å². The molecule has 1 aliphatic heterocycles. The van der Waals surface area contributed by atoms with Gasteiger partial charge >= 0.3 is 0 Å². The van der Waals surface area contributed by atoms with E-state index in [9.17, 15) is 9.59 Å². The Morgan fingerprint density at radius 2 is 2.00 bits per heavy atom. The van der Waals surface area contributed by atoms with E-state index in [1.54, 1.807) is 47.2 Å². The molecule has 1 saturated heterocycles. The smallest absolute Gasteiger partial charge is 0.247 e. The number of benzene rings is 2. The van der Waals surface area contributed by atoms with Gasteiger partial charge in [0.05, 0.1) is 19.6 Å². The zero-order chi connectivity index (χ0) is 22.9. The van der Waals surface area contributed by atoms with E-state index in [1.165, 1.54) is 0 Å². The zero-order valence-electron chi connectivity index (χ0n) is 18.1. The standard InChI is InChI=1S/C24H23ClN4O4/c1-32-20-4-2-3-19(12-20)28-13-16(11-22(28)30)24(31)29(18-9-10-18)14-21-26-27-23(33-21)15-5-7-17(25)8-6-15/h2-8,12,16,18H,9-11,13-14H2,1H3. The number of halogens is 1. The minimum atomic E-state index is -0.414. The maximum Gasteiger partial charge on any atom is 0.247 e. The number of methoxy groups -OCH3 is 1. The number of amides is 2. The molecule has 1 aromatic heterocycles. The summed E-state index contributed by atoms with van der Waals surface area (Å²) in [4.78, 5) is 29.6. The van der Waals surface area contributed by atoms with E-state index in [1.807, 2.05) is 18.2 Å². The van der Waals surface area contributed by atoms with Gasteiger partial charge in [-0.15, -0.1) is 10.2 Å². The quantitative estimate of drug-likeness (QED) is 0.524. The molecule has 9 heteroatoms. The molecule has 2 amide bonds. The van der Waals surface area contributed by atoms with Crippen LogP contribution in [0.15, 0.2) is 52.9 Å². The van der Waals surface area contributed by atoms with Crippen molar-refractivity contribution in [3.8, 4) is 17.2 Å². The Kier molecular flexibility index (Phi) is 5.76. The molecule has 0 bridgehead atoms. The SMILES string of the molecule is COc1cccc(N2CC(C(=O)N(Cc3nnc(-c4ccc(Cl)cc4)o3)C3CC3)CC2=O)c1. The van der Waals surface area contributed by atoms with Gasteiger partial charge in [-0.3, -0.25) is 9.59 Å². The normalized spacial score (nSPS) is 17.9. The summed E-state index contributed by atoms with van der Waals surface area (Å²) in [5.41, 5.74) is 1.50. The van der Waals surface area contributed by atoms with Gasteiger partial charge in [-0.25, -0.2) is 0 Å². The van der Waals surface area contributed by atoms with Crippen LogP contribution in [0.1, 0.15) is 25.2 Å². The predicted octanol–water partition coefficient (Wildman–Crippen LogP) is 3.94. The number of hydrogen-bond donors (Lipinski definition) is 0. The lowest BCUT2D eigenvalue weighted by atomic mass is 10.1. The van der Waals surface area contributed by atoms with Crippen molar-refractivity contribution in [1.29, 1.82) is 0 Å². The summed E-state index contributed by atoms with van der Waals surface area (Å²) in [5, 5.41) is 8.87. The lowest BCUT2D eigenvalue weighted by molar-refractivity contribution is -0.137. The molecule has 0 radical (unpaired) electrons. The monoisotopic (exact) mass is 466 g/mol. The van der Waals surface area contributed by atoms with Crippen LogP contribution >= 0.6 is 11.6 Å². The fourth-order valence-corrected chi connectivity index (χ4v) is 4.21. The second-order valence-electron chi connectivity index (χ2n) is 8.31. The largest absolute Gasteiger partial charge is 0.497 e. The number of carbonyl (C=O) groups excluding carboxylic acids is 2.